The largest absolute Gasteiger partial charge is 0.360 e. The lowest BCUT2D eigenvalue weighted by Gasteiger charge is -2.05. The molecular formula is C12H15N3O3S. The highest BCUT2D eigenvalue weighted by Gasteiger charge is 2.23. The van der Waals surface area contributed by atoms with Crippen molar-refractivity contribution < 1.29 is 12.9 Å². The second-order valence-electron chi connectivity index (χ2n) is 4.12. The van der Waals surface area contributed by atoms with E-state index < -0.39 is 10.0 Å². The highest BCUT2D eigenvalue weighted by Crippen LogP contribution is 2.18. The van der Waals surface area contributed by atoms with Gasteiger partial charge in [0.15, 0.2) is 5.76 Å². The van der Waals surface area contributed by atoms with Gasteiger partial charge in [-0.25, -0.2) is 13.1 Å². The van der Waals surface area contributed by atoms with Gasteiger partial charge in [-0.3, -0.25) is 4.98 Å². The number of hydrogen-bond donors (Lipinski definition) is 1. The predicted octanol–water partition coefficient (Wildman–Crippen LogP) is 1.21. The Kier molecular flexibility index (Phi) is 3.96. The number of sulfonamides is 1. The summed E-state index contributed by atoms with van der Waals surface area (Å²) in [6, 6.07) is 5.53. The van der Waals surface area contributed by atoms with E-state index >= 15 is 0 Å². The summed E-state index contributed by atoms with van der Waals surface area (Å²) in [7, 11) is -3.58. The first-order valence-corrected chi connectivity index (χ1v) is 7.31. The number of nitrogens with one attached hydrogen (secondary N) is 1. The summed E-state index contributed by atoms with van der Waals surface area (Å²) < 4.78 is 31.6. The van der Waals surface area contributed by atoms with Crippen molar-refractivity contribution >= 4 is 10.0 Å². The number of hydrogen-bond acceptors (Lipinski definition) is 5. The highest BCUT2D eigenvalue weighted by atomic mass is 32.2. The quantitative estimate of drug-likeness (QED) is 0.890. The molecule has 0 unspecified atom stereocenters. The molecule has 0 aliphatic rings. The van der Waals surface area contributed by atoms with Crippen molar-refractivity contribution in [3.63, 3.8) is 0 Å². The molecular weight excluding hydrogens is 266 g/mol. The average Bonchev–Trinajstić information content (AvgIpc) is 2.70. The molecule has 0 fully saturated rings. The Balaban J connectivity index is 2.03. The van der Waals surface area contributed by atoms with Gasteiger partial charge in [0.1, 0.15) is 10.6 Å². The molecule has 0 saturated heterocycles. The van der Waals surface area contributed by atoms with Gasteiger partial charge in [0, 0.05) is 24.9 Å². The van der Waals surface area contributed by atoms with Gasteiger partial charge < -0.3 is 4.52 Å². The first kappa shape index (κ1) is 13.7. The van der Waals surface area contributed by atoms with Crippen LogP contribution in [-0.2, 0) is 16.4 Å². The van der Waals surface area contributed by atoms with Crippen LogP contribution in [0.25, 0.3) is 0 Å². The number of nitrogens with zero attached hydrogens (tertiary/aromatic N) is 2. The fourth-order valence-corrected chi connectivity index (χ4v) is 3.15. The third kappa shape index (κ3) is 3.18. The van der Waals surface area contributed by atoms with Crippen molar-refractivity contribution in [3.8, 4) is 0 Å². The summed E-state index contributed by atoms with van der Waals surface area (Å²) in [5.41, 5.74) is 1.20. The Morgan fingerprint density at radius 1 is 1.32 bits per heavy atom. The number of pyridine rings is 1. The fraction of sp³-hybridized carbons (Fsp3) is 0.333. The highest BCUT2D eigenvalue weighted by molar-refractivity contribution is 7.89. The molecule has 0 radical (unpaired) electrons. The molecule has 2 rings (SSSR count). The molecule has 2 heterocycles. The Morgan fingerprint density at radius 2 is 2.11 bits per heavy atom. The Morgan fingerprint density at radius 3 is 2.68 bits per heavy atom. The first-order valence-electron chi connectivity index (χ1n) is 5.83. The van der Waals surface area contributed by atoms with E-state index in [1.54, 1.807) is 20.0 Å². The maximum atomic E-state index is 12.1. The van der Waals surface area contributed by atoms with Gasteiger partial charge in [-0.15, -0.1) is 0 Å². The van der Waals surface area contributed by atoms with Gasteiger partial charge in [-0.1, -0.05) is 11.2 Å². The molecule has 2 aromatic heterocycles. The topological polar surface area (TPSA) is 85.1 Å². The van der Waals surface area contributed by atoms with Crippen molar-refractivity contribution in [1.29, 1.82) is 0 Å². The van der Waals surface area contributed by atoms with Crippen LogP contribution in [0.3, 0.4) is 0 Å². The molecule has 102 valence electrons. The van der Waals surface area contributed by atoms with Crippen LogP contribution in [0.5, 0.6) is 0 Å². The zero-order chi connectivity index (χ0) is 13.9. The van der Waals surface area contributed by atoms with E-state index in [9.17, 15) is 8.42 Å². The molecule has 1 N–H and O–H groups in total. The minimum absolute atomic E-state index is 0.119. The third-order valence-electron chi connectivity index (χ3n) is 2.64. The van der Waals surface area contributed by atoms with Gasteiger partial charge in [-0.05, 0) is 26.0 Å². The monoisotopic (exact) mass is 281 g/mol. The summed E-state index contributed by atoms with van der Waals surface area (Å²) >= 11 is 0. The smallest absolute Gasteiger partial charge is 0.245 e. The van der Waals surface area contributed by atoms with Crippen LogP contribution in [0.15, 0.2) is 33.8 Å². The van der Waals surface area contributed by atoms with Crippen LogP contribution in [0.4, 0.5) is 0 Å². The van der Waals surface area contributed by atoms with Crippen LogP contribution >= 0.6 is 0 Å². The van der Waals surface area contributed by atoms with Gasteiger partial charge in [0.05, 0.1) is 0 Å². The van der Waals surface area contributed by atoms with Crippen LogP contribution in [0, 0.1) is 13.8 Å². The number of aromatic nitrogens is 2. The average molecular weight is 281 g/mol. The minimum Gasteiger partial charge on any atom is -0.360 e. The molecule has 0 amide bonds. The van der Waals surface area contributed by atoms with Crippen molar-refractivity contribution in [2.45, 2.75) is 25.2 Å². The molecule has 0 saturated carbocycles. The van der Waals surface area contributed by atoms with Crippen molar-refractivity contribution in [2.24, 2.45) is 0 Å². The maximum absolute atomic E-state index is 12.1. The summed E-state index contributed by atoms with van der Waals surface area (Å²) in [4.78, 5) is 4.25. The van der Waals surface area contributed by atoms with Crippen molar-refractivity contribution in [1.82, 2.24) is 14.9 Å². The normalized spacial score (nSPS) is 11.7. The zero-order valence-corrected chi connectivity index (χ0v) is 11.6. The van der Waals surface area contributed by atoms with Crippen LogP contribution < -0.4 is 4.72 Å². The summed E-state index contributed by atoms with van der Waals surface area (Å²) in [6.45, 7) is 3.46. The summed E-state index contributed by atoms with van der Waals surface area (Å²) in [6.07, 6.45) is 2.21. The first-order chi connectivity index (χ1) is 9.00. The van der Waals surface area contributed by atoms with E-state index in [4.69, 9.17) is 4.52 Å². The SMILES string of the molecule is Cc1noc(C)c1S(=O)(=O)NCCc1ccccn1. The molecule has 7 heteroatoms. The minimum atomic E-state index is -3.58. The van der Waals surface area contributed by atoms with E-state index in [2.05, 4.69) is 14.9 Å². The van der Waals surface area contributed by atoms with Crippen molar-refractivity contribution in [3.05, 3.63) is 41.5 Å². The molecule has 0 atom stereocenters. The van der Waals surface area contributed by atoms with E-state index in [-0.39, 0.29) is 11.4 Å². The van der Waals surface area contributed by atoms with Gasteiger partial charge in [-0.2, -0.15) is 0 Å². The predicted molar refractivity (Wildman–Crippen MR) is 69.1 cm³/mol. The lowest BCUT2D eigenvalue weighted by atomic mass is 10.3. The Hall–Kier alpha value is -1.73. The third-order valence-corrected chi connectivity index (χ3v) is 4.34. The molecule has 6 nitrogen and oxygen atoms in total. The van der Waals surface area contributed by atoms with Gasteiger partial charge >= 0.3 is 0 Å². The lowest BCUT2D eigenvalue weighted by Crippen LogP contribution is -2.27. The van der Waals surface area contributed by atoms with Gasteiger partial charge in [0.25, 0.3) is 0 Å². The molecule has 19 heavy (non-hydrogen) atoms. The Labute approximate surface area is 111 Å². The van der Waals surface area contributed by atoms with E-state index in [1.165, 1.54) is 0 Å². The van der Waals surface area contributed by atoms with E-state index in [1.807, 2.05) is 18.2 Å². The van der Waals surface area contributed by atoms with Crippen LogP contribution in [0.1, 0.15) is 17.1 Å². The van der Waals surface area contributed by atoms with E-state index in [0.29, 0.717) is 17.9 Å². The van der Waals surface area contributed by atoms with Crippen LogP contribution in [-0.4, -0.2) is 25.1 Å². The molecule has 0 bridgehead atoms. The molecule has 0 spiro atoms. The summed E-state index contributed by atoms with van der Waals surface area (Å²) in [5.74, 6) is 0.294. The molecule has 0 aliphatic heterocycles. The zero-order valence-electron chi connectivity index (χ0n) is 10.8. The second kappa shape index (κ2) is 5.50. The standard InChI is InChI=1S/C12H15N3O3S/c1-9-12(10(2)18-15-9)19(16,17)14-8-6-11-5-3-4-7-13-11/h3-5,7,14H,6,8H2,1-2H3. The molecule has 0 aromatic carbocycles. The van der Waals surface area contributed by atoms with E-state index in [0.717, 1.165) is 5.69 Å². The Bertz CT molecular complexity index is 631. The molecule has 2 aromatic rings. The molecule has 0 aliphatic carbocycles. The maximum Gasteiger partial charge on any atom is 0.245 e. The lowest BCUT2D eigenvalue weighted by molar-refractivity contribution is 0.390. The number of rotatable bonds is 5. The fourth-order valence-electron chi connectivity index (χ4n) is 1.79. The number of aryl methyl sites for hydroxylation is 2. The summed E-state index contributed by atoms with van der Waals surface area (Å²) in [5, 5.41) is 3.64. The van der Waals surface area contributed by atoms with Crippen molar-refractivity contribution in [2.75, 3.05) is 6.54 Å². The second-order valence-corrected chi connectivity index (χ2v) is 5.83. The van der Waals surface area contributed by atoms with Crippen LogP contribution in [0.2, 0.25) is 0 Å². The van der Waals surface area contributed by atoms with Gasteiger partial charge in [0.2, 0.25) is 10.0 Å².